The van der Waals surface area contributed by atoms with E-state index in [1.54, 1.807) is 16.7 Å². The first kappa shape index (κ1) is 9.45. The number of fused-ring (bicyclic) bond motifs is 1. The number of carbonyl (C=O) groups is 1. The number of rotatable bonds is 4. The Morgan fingerprint density at radius 1 is 1.53 bits per heavy atom. The highest BCUT2D eigenvalue weighted by Crippen LogP contribution is 2.17. The number of hydrogen-bond donors (Lipinski definition) is 0. The quantitative estimate of drug-likeness (QED) is 0.560. The number of imidazole rings is 1. The van der Waals surface area contributed by atoms with Crippen LogP contribution < -0.4 is 4.74 Å². The minimum Gasteiger partial charge on any atom is -0.472 e. The maximum atomic E-state index is 10.9. The zero-order valence-corrected chi connectivity index (χ0v) is 8.09. The van der Waals surface area contributed by atoms with Crippen LogP contribution in [0.25, 0.3) is 5.65 Å². The first-order valence-corrected chi connectivity index (χ1v) is 4.52. The minimum absolute atomic E-state index is 0.338. The molecular weight excluding hydrogens is 192 g/mol. The average molecular weight is 202 g/mol. The van der Waals surface area contributed by atoms with Gasteiger partial charge in [-0.05, 0) is 12.1 Å². The van der Waals surface area contributed by atoms with Gasteiger partial charge in [0.15, 0.2) is 6.29 Å². The summed E-state index contributed by atoms with van der Waals surface area (Å²) in [6.07, 6.45) is 4.11. The Balaban J connectivity index is 2.53. The van der Waals surface area contributed by atoms with Crippen LogP contribution in [0.1, 0.15) is 10.5 Å². The minimum atomic E-state index is 0.338. The van der Waals surface area contributed by atoms with Crippen LogP contribution in [0.4, 0.5) is 0 Å². The summed E-state index contributed by atoms with van der Waals surface area (Å²) in [5.41, 5.74) is 1.12. The largest absolute Gasteiger partial charge is 0.472 e. The second kappa shape index (κ2) is 3.96. The number of aldehydes is 1. The van der Waals surface area contributed by atoms with Crippen LogP contribution in [0.5, 0.6) is 5.88 Å². The standard InChI is InChI=1S/C11H10N2O2/c1-2-7-15-11-9(8-14)13-6-4-3-5-10(13)12-11/h2-6,8H,1,7H2. The molecule has 15 heavy (non-hydrogen) atoms. The smallest absolute Gasteiger partial charge is 0.244 e. The molecule has 0 saturated heterocycles. The zero-order chi connectivity index (χ0) is 10.7. The zero-order valence-electron chi connectivity index (χ0n) is 8.09. The van der Waals surface area contributed by atoms with E-state index in [1.807, 2.05) is 18.2 Å². The molecule has 4 nitrogen and oxygen atoms in total. The van der Waals surface area contributed by atoms with Crippen LogP contribution in [0, 0.1) is 0 Å². The van der Waals surface area contributed by atoms with Crippen molar-refractivity contribution in [3.05, 3.63) is 42.7 Å². The highest BCUT2D eigenvalue weighted by Gasteiger charge is 2.11. The van der Waals surface area contributed by atoms with Crippen LogP contribution >= 0.6 is 0 Å². The van der Waals surface area contributed by atoms with Gasteiger partial charge >= 0.3 is 0 Å². The molecule has 2 heterocycles. The molecule has 2 aromatic heterocycles. The molecule has 0 aromatic carbocycles. The molecule has 0 atom stereocenters. The number of ether oxygens (including phenoxy) is 1. The topological polar surface area (TPSA) is 43.6 Å². The molecule has 0 spiro atoms. The summed E-state index contributed by atoms with van der Waals surface area (Å²) in [4.78, 5) is 15.1. The lowest BCUT2D eigenvalue weighted by molar-refractivity contribution is 0.111. The average Bonchev–Trinajstić information content (AvgIpc) is 2.63. The van der Waals surface area contributed by atoms with Crippen molar-refractivity contribution in [2.24, 2.45) is 0 Å². The van der Waals surface area contributed by atoms with E-state index in [-0.39, 0.29) is 0 Å². The van der Waals surface area contributed by atoms with E-state index in [0.717, 1.165) is 6.29 Å². The lowest BCUT2D eigenvalue weighted by Crippen LogP contribution is -1.97. The number of carbonyl (C=O) groups excluding carboxylic acids is 1. The Kier molecular flexibility index (Phi) is 2.49. The Bertz CT molecular complexity index is 502. The molecule has 2 rings (SSSR count). The molecule has 0 aliphatic carbocycles. The lowest BCUT2D eigenvalue weighted by Gasteiger charge is -1.98. The van der Waals surface area contributed by atoms with Crippen LogP contribution in [-0.4, -0.2) is 22.3 Å². The van der Waals surface area contributed by atoms with Crippen molar-refractivity contribution < 1.29 is 9.53 Å². The molecule has 76 valence electrons. The Morgan fingerprint density at radius 3 is 3.13 bits per heavy atom. The number of nitrogens with zero attached hydrogens (tertiary/aromatic N) is 2. The molecular formula is C11H10N2O2. The summed E-state index contributed by atoms with van der Waals surface area (Å²) in [5, 5.41) is 0. The van der Waals surface area contributed by atoms with Crippen LogP contribution in [0.15, 0.2) is 37.1 Å². The first-order valence-electron chi connectivity index (χ1n) is 4.52. The summed E-state index contributed by atoms with van der Waals surface area (Å²) in [5.74, 6) is 0.344. The van der Waals surface area contributed by atoms with Gasteiger partial charge in [0.25, 0.3) is 0 Å². The van der Waals surface area contributed by atoms with E-state index in [2.05, 4.69) is 11.6 Å². The van der Waals surface area contributed by atoms with Crippen molar-refractivity contribution in [1.82, 2.24) is 9.38 Å². The lowest BCUT2D eigenvalue weighted by atomic mass is 10.4. The monoisotopic (exact) mass is 202 g/mol. The van der Waals surface area contributed by atoms with Gasteiger partial charge in [-0.3, -0.25) is 9.20 Å². The highest BCUT2D eigenvalue weighted by atomic mass is 16.5. The first-order chi connectivity index (χ1) is 7.36. The van der Waals surface area contributed by atoms with Crippen molar-refractivity contribution in [3.63, 3.8) is 0 Å². The van der Waals surface area contributed by atoms with Gasteiger partial charge in [-0.25, -0.2) is 0 Å². The Labute approximate surface area is 86.8 Å². The SMILES string of the molecule is C=CCOc1nc2ccccn2c1C=O. The third-order valence-corrected chi connectivity index (χ3v) is 1.98. The van der Waals surface area contributed by atoms with Gasteiger partial charge < -0.3 is 4.74 Å². The molecule has 0 bridgehead atoms. The van der Waals surface area contributed by atoms with E-state index in [0.29, 0.717) is 23.8 Å². The summed E-state index contributed by atoms with van der Waals surface area (Å²) in [6, 6.07) is 5.50. The van der Waals surface area contributed by atoms with Gasteiger partial charge in [0.2, 0.25) is 5.88 Å². The van der Waals surface area contributed by atoms with Crippen molar-refractivity contribution >= 4 is 11.9 Å². The maximum absolute atomic E-state index is 10.9. The van der Waals surface area contributed by atoms with Gasteiger partial charge in [0.1, 0.15) is 17.9 Å². The van der Waals surface area contributed by atoms with E-state index >= 15 is 0 Å². The molecule has 0 amide bonds. The number of aromatic nitrogens is 2. The summed E-state index contributed by atoms with van der Waals surface area (Å²) in [6.45, 7) is 3.88. The van der Waals surface area contributed by atoms with Crippen molar-refractivity contribution in [3.8, 4) is 5.88 Å². The molecule has 0 aliphatic heterocycles. The predicted molar refractivity (Wildman–Crippen MR) is 56.3 cm³/mol. The van der Waals surface area contributed by atoms with Gasteiger partial charge in [-0.2, -0.15) is 4.98 Å². The van der Waals surface area contributed by atoms with Crippen LogP contribution in [0.2, 0.25) is 0 Å². The molecule has 0 aliphatic rings. The van der Waals surface area contributed by atoms with Crippen molar-refractivity contribution in [2.45, 2.75) is 0 Å². The fourth-order valence-corrected chi connectivity index (χ4v) is 1.34. The molecule has 0 saturated carbocycles. The van der Waals surface area contributed by atoms with Gasteiger partial charge in [0.05, 0.1) is 0 Å². The molecule has 0 fully saturated rings. The number of hydrogen-bond acceptors (Lipinski definition) is 3. The molecule has 0 radical (unpaired) electrons. The third kappa shape index (κ3) is 1.61. The predicted octanol–water partition coefficient (Wildman–Crippen LogP) is 1.71. The fraction of sp³-hybridized carbons (Fsp3) is 0.0909. The van der Waals surface area contributed by atoms with Crippen molar-refractivity contribution in [1.29, 1.82) is 0 Å². The van der Waals surface area contributed by atoms with E-state index in [4.69, 9.17) is 4.74 Å². The van der Waals surface area contributed by atoms with Crippen LogP contribution in [0.3, 0.4) is 0 Å². The van der Waals surface area contributed by atoms with Crippen LogP contribution in [-0.2, 0) is 0 Å². The second-order valence-electron chi connectivity index (χ2n) is 2.95. The molecule has 2 aromatic rings. The van der Waals surface area contributed by atoms with Gasteiger partial charge in [-0.15, -0.1) is 0 Å². The summed E-state index contributed by atoms with van der Waals surface area (Å²) in [7, 11) is 0. The maximum Gasteiger partial charge on any atom is 0.244 e. The molecule has 0 N–H and O–H groups in total. The Morgan fingerprint density at radius 2 is 2.40 bits per heavy atom. The van der Waals surface area contributed by atoms with Gasteiger partial charge in [0, 0.05) is 6.20 Å². The number of pyridine rings is 1. The molecule has 0 unspecified atom stereocenters. The molecule has 4 heteroatoms. The highest BCUT2D eigenvalue weighted by molar-refractivity contribution is 5.78. The van der Waals surface area contributed by atoms with E-state index in [9.17, 15) is 4.79 Å². The van der Waals surface area contributed by atoms with Crippen molar-refractivity contribution in [2.75, 3.05) is 6.61 Å². The van der Waals surface area contributed by atoms with E-state index < -0.39 is 0 Å². The van der Waals surface area contributed by atoms with E-state index in [1.165, 1.54) is 0 Å². The summed E-state index contributed by atoms with van der Waals surface area (Å²) >= 11 is 0. The normalized spacial score (nSPS) is 10.1. The fourth-order valence-electron chi connectivity index (χ4n) is 1.34. The van der Waals surface area contributed by atoms with Gasteiger partial charge in [-0.1, -0.05) is 18.7 Å². The summed E-state index contributed by atoms with van der Waals surface area (Å²) < 4.78 is 6.97. The third-order valence-electron chi connectivity index (χ3n) is 1.98. The second-order valence-corrected chi connectivity index (χ2v) is 2.95. The Hall–Kier alpha value is -2.10.